The number of aromatic nitrogens is 2. The van der Waals surface area contributed by atoms with Crippen molar-refractivity contribution in [3.63, 3.8) is 0 Å². The van der Waals surface area contributed by atoms with Gasteiger partial charge in [-0.05, 0) is 35.4 Å². The highest BCUT2D eigenvalue weighted by atomic mass is 35.5. The fourth-order valence-electron chi connectivity index (χ4n) is 3.34. The molecule has 4 aromatic rings. The number of ether oxygens (including phenoxy) is 1. The average molecular weight is 461 g/mol. The summed E-state index contributed by atoms with van der Waals surface area (Å²) in [4.78, 5) is 33.4. The highest BCUT2D eigenvalue weighted by Gasteiger charge is 2.20. The zero-order chi connectivity index (χ0) is 23.2. The van der Waals surface area contributed by atoms with E-state index in [0.29, 0.717) is 21.9 Å². The largest absolute Gasteiger partial charge is 0.457 e. The molecule has 0 saturated carbocycles. The summed E-state index contributed by atoms with van der Waals surface area (Å²) < 4.78 is 5.35. The fourth-order valence-corrected chi connectivity index (χ4v) is 3.55. The maximum atomic E-state index is 12.9. The van der Waals surface area contributed by atoms with Crippen molar-refractivity contribution in [3.05, 3.63) is 101 Å². The van der Waals surface area contributed by atoms with E-state index in [1.807, 2.05) is 18.2 Å². The molecular weight excluding hydrogens is 440 g/mol. The molecule has 7 nitrogen and oxygen atoms in total. The molecule has 2 heterocycles. The molecule has 0 radical (unpaired) electrons. The third-order valence-electron chi connectivity index (χ3n) is 5.12. The van der Waals surface area contributed by atoms with Crippen molar-refractivity contribution in [2.75, 3.05) is 11.9 Å². The van der Waals surface area contributed by atoms with Gasteiger partial charge in [0.1, 0.15) is 12.4 Å². The standard InChI is InChI=1S/C25H21ClN4O3/c26-21-14-28-13-19-10-11-22(29-23(19)21)30-24(31)20(12-27)17-8-6-16(7-9-17)15-33-25(32)18-4-2-1-3-5-18/h1-11,13-14,20H,12,15,27H2,(H,29,30,31)/t20-/m1/s1. The third kappa shape index (κ3) is 5.34. The van der Waals surface area contributed by atoms with E-state index >= 15 is 0 Å². The highest BCUT2D eigenvalue weighted by molar-refractivity contribution is 6.34. The number of fused-ring (bicyclic) bond motifs is 1. The number of nitrogens with one attached hydrogen (secondary N) is 1. The Kier molecular flexibility index (Phi) is 6.92. The van der Waals surface area contributed by atoms with E-state index in [-0.39, 0.29) is 19.1 Å². The van der Waals surface area contributed by atoms with Gasteiger partial charge in [-0.25, -0.2) is 9.78 Å². The Morgan fingerprint density at radius 1 is 1.00 bits per heavy atom. The molecule has 2 aromatic heterocycles. The lowest BCUT2D eigenvalue weighted by Crippen LogP contribution is -2.27. The molecule has 166 valence electrons. The van der Waals surface area contributed by atoms with Crippen molar-refractivity contribution in [2.24, 2.45) is 5.73 Å². The summed E-state index contributed by atoms with van der Waals surface area (Å²) in [5.74, 6) is -0.865. The van der Waals surface area contributed by atoms with Crippen LogP contribution in [0.25, 0.3) is 10.9 Å². The van der Waals surface area contributed by atoms with E-state index in [9.17, 15) is 9.59 Å². The molecule has 33 heavy (non-hydrogen) atoms. The van der Waals surface area contributed by atoms with Crippen LogP contribution in [0.3, 0.4) is 0 Å². The van der Waals surface area contributed by atoms with Crippen molar-refractivity contribution in [1.82, 2.24) is 9.97 Å². The molecule has 8 heteroatoms. The molecule has 1 atom stereocenters. The van der Waals surface area contributed by atoms with E-state index < -0.39 is 11.9 Å². The highest BCUT2D eigenvalue weighted by Crippen LogP contribution is 2.23. The molecule has 0 fully saturated rings. The molecule has 0 saturated heterocycles. The molecular formula is C25H21ClN4O3. The Hall–Kier alpha value is -3.81. The minimum absolute atomic E-state index is 0.117. The Balaban J connectivity index is 1.41. The van der Waals surface area contributed by atoms with Crippen LogP contribution in [0.5, 0.6) is 0 Å². The Morgan fingerprint density at radius 3 is 2.48 bits per heavy atom. The smallest absolute Gasteiger partial charge is 0.338 e. The maximum absolute atomic E-state index is 12.9. The quantitative estimate of drug-likeness (QED) is 0.398. The number of nitrogens with two attached hydrogens (primary N) is 1. The first-order chi connectivity index (χ1) is 16.0. The first-order valence-electron chi connectivity index (χ1n) is 10.3. The van der Waals surface area contributed by atoms with Crippen molar-refractivity contribution >= 4 is 40.2 Å². The SMILES string of the molecule is NC[C@@H](C(=O)Nc1ccc2cncc(Cl)c2n1)c1ccc(COC(=O)c2ccccc2)cc1. The van der Waals surface area contributed by atoms with Gasteiger partial charge in [-0.1, -0.05) is 54.1 Å². The molecule has 3 N–H and O–H groups in total. The Labute approximate surface area is 195 Å². The fraction of sp³-hybridized carbons (Fsp3) is 0.120. The van der Waals surface area contributed by atoms with Crippen LogP contribution in [-0.2, 0) is 16.1 Å². The van der Waals surface area contributed by atoms with Crippen molar-refractivity contribution in [3.8, 4) is 0 Å². The number of nitrogens with zero attached hydrogens (tertiary/aromatic N) is 2. The number of carbonyl (C=O) groups is 2. The van der Waals surface area contributed by atoms with Gasteiger partial charge in [0.2, 0.25) is 5.91 Å². The van der Waals surface area contributed by atoms with Gasteiger partial charge in [0, 0.05) is 24.3 Å². The van der Waals surface area contributed by atoms with E-state index in [1.54, 1.807) is 54.7 Å². The number of pyridine rings is 2. The minimum atomic E-state index is -0.573. The molecule has 4 rings (SSSR count). The van der Waals surface area contributed by atoms with Crippen LogP contribution in [0.2, 0.25) is 5.02 Å². The van der Waals surface area contributed by atoms with Crippen molar-refractivity contribution in [2.45, 2.75) is 12.5 Å². The number of rotatable bonds is 7. The van der Waals surface area contributed by atoms with Gasteiger partial charge in [0.25, 0.3) is 0 Å². The van der Waals surface area contributed by atoms with Gasteiger partial charge < -0.3 is 15.8 Å². The number of hydrogen-bond donors (Lipinski definition) is 2. The lowest BCUT2D eigenvalue weighted by molar-refractivity contribution is -0.117. The minimum Gasteiger partial charge on any atom is -0.457 e. The summed E-state index contributed by atoms with van der Waals surface area (Å²) in [6, 6.07) is 19.5. The second-order valence-electron chi connectivity index (χ2n) is 7.35. The van der Waals surface area contributed by atoms with Gasteiger partial charge >= 0.3 is 5.97 Å². The Morgan fingerprint density at radius 2 is 1.76 bits per heavy atom. The molecule has 0 unspecified atom stereocenters. The van der Waals surface area contributed by atoms with Crippen LogP contribution in [0.15, 0.2) is 79.1 Å². The predicted molar refractivity (Wildman–Crippen MR) is 127 cm³/mol. The molecule has 0 aliphatic heterocycles. The first kappa shape index (κ1) is 22.4. The lowest BCUT2D eigenvalue weighted by atomic mass is 9.97. The van der Waals surface area contributed by atoms with E-state index in [4.69, 9.17) is 22.1 Å². The maximum Gasteiger partial charge on any atom is 0.338 e. The molecule has 0 spiro atoms. The molecule has 0 aliphatic rings. The lowest BCUT2D eigenvalue weighted by Gasteiger charge is -2.16. The zero-order valence-corrected chi connectivity index (χ0v) is 18.3. The van der Waals surface area contributed by atoms with Gasteiger partial charge in [-0.2, -0.15) is 0 Å². The second-order valence-corrected chi connectivity index (χ2v) is 7.76. The number of halogens is 1. The zero-order valence-electron chi connectivity index (χ0n) is 17.6. The Bertz CT molecular complexity index is 1280. The summed E-state index contributed by atoms with van der Waals surface area (Å²) >= 11 is 6.16. The van der Waals surface area contributed by atoms with Crippen LogP contribution in [-0.4, -0.2) is 28.4 Å². The molecule has 2 aromatic carbocycles. The summed E-state index contributed by atoms with van der Waals surface area (Å²) in [5.41, 5.74) is 8.50. The molecule has 0 bridgehead atoms. The van der Waals surface area contributed by atoms with Crippen molar-refractivity contribution in [1.29, 1.82) is 0 Å². The first-order valence-corrected chi connectivity index (χ1v) is 10.6. The molecule has 0 aliphatic carbocycles. The van der Waals surface area contributed by atoms with Gasteiger partial charge in [-0.3, -0.25) is 9.78 Å². The number of esters is 1. The molecule has 1 amide bonds. The van der Waals surface area contributed by atoms with E-state index in [2.05, 4.69) is 15.3 Å². The number of hydrogen-bond acceptors (Lipinski definition) is 6. The van der Waals surface area contributed by atoms with Crippen LogP contribution >= 0.6 is 11.6 Å². The average Bonchev–Trinajstić information content (AvgIpc) is 2.85. The summed E-state index contributed by atoms with van der Waals surface area (Å²) in [6.45, 7) is 0.247. The summed E-state index contributed by atoms with van der Waals surface area (Å²) in [6.07, 6.45) is 3.16. The third-order valence-corrected chi connectivity index (χ3v) is 5.40. The van der Waals surface area contributed by atoms with E-state index in [1.165, 1.54) is 6.20 Å². The van der Waals surface area contributed by atoms with E-state index in [0.717, 1.165) is 16.5 Å². The van der Waals surface area contributed by atoms with Crippen LogP contribution in [0.4, 0.5) is 5.82 Å². The monoisotopic (exact) mass is 460 g/mol. The number of benzene rings is 2. The normalized spacial score (nSPS) is 11.7. The predicted octanol–water partition coefficient (Wildman–Crippen LogP) is 4.32. The second kappa shape index (κ2) is 10.2. The number of amides is 1. The number of anilines is 1. The summed E-state index contributed by atoms with van der Waals surface area (Å²) in [5, 5.41) is 3.99. The van der Waals surface area contributed by atoms with Crippen LogP contribution < -0.4 is 11.1 Å². The van der Waals surface area contributed by atoms with Gasteiger partial charge in [0.05, 0.1) is 22.0 Å². The van der Waals surface area contributed by atoms with Gasteiger partial charge in [-0.15, -0.1) is 0 Å². The van der Waals surface area contributed by atoms with Gasteiger partial charge in [0.15, 0.2) is 0 Å². The van der Waals surface area contributed by atoms with Crippen LogP contribution in [0, 0.1) is 0 Å². The van der Waals surface area contributed by atoms with Crippen LogP contribution in [0.1, 0.15) is 27.4 Å². The summed E-state index contributed by atoms with van der Waals surface area (Å²) in [7, 11) is 0. The van der Waals surface area contributed by atoms with Crippen molar-refractivity contribution < 1.29 is 14.3 Å². The topological polar surface area (TPSA) is 107 Å². The number of carbonyl (C=O) groups excluding carboxylic acids is 2.